The van der Waals surface area contributed by atoms with Crippen molar-refractivity contribution in [1.82, 2.24) is 0 Å². The Bertz CT molecular complexity index is 597. The fourth-order valence-electron chi connectivity index (χ4n) is 2.04. The molecular weight excluding hydrogens is 399 g/mol. The van der Waals surface area contributed by atoms with Crippen LogP contribution in [0.5, 0.6) is 0 Å². The van der Waals surface area contributed by atoms with Gasteiger partial charge in [0.15, 0.2) is 0 Å². The molecule has 0 spiro atoms. The first-order valence-corrected chi connectivity index (χ1v) is 8.57. The number of benzene rings is 2. The Labute approximate surface area is 142 Å². The standard InChI is InChI=1S/C17H17Br2Cl/c1-17(2,3)12-6-4-11(5-7-12)16(19)14-9-8-13(18)10-15(14)20/h4-10,16H,1-3H3. The maximum Gasteiger partial charge on any atom is 0.0659 e. The van der Waals surface area contributed by atoms with Crippen LogP contribution in [0.3, 0.4) is 0 Å². The first kappa shape index (κ1) is 16.1. The molecule has 2 rings (SSSR count). The van der Waals surface area contributed by atoms with Crippen LogP contribution in [0, 0.1) is 0 Å². The summed E-state index contributed by atoms with van der Waals surface area (Å²) >= 11 is 13.5. The molecule has 0 radical (unpaired) electrons. The minimum atomic E-state index is 0.108. The highest BCUT2D eigenvalue weighted by molar-refractivity contribution is 9.10. The maximum atomic E-state index is 6.32. The van der Waals surface area contributed by atoms with Crippen LogP contribution in [0.25, 0.3) is 0 Å². The van der Waals surface area contributed by atoms with Crippen LogP contribution >= 0.6 is 43.5 Å². The van der Waals surface area contributed by atoms with E-state index in [9.17, 15) is 0 Å². The summed E-state index contributed by atoms with van der Waals surface area (Å²) in [6, 6.07) is 14.7. The summed E-state index contributed by atoms with van der Waals surface area (Å²) in [5.41, 5.74) is 3.80. The third-order valence-corrected chi connectivity index (χ3v) is 5.15. The lowest BCUT2D eigenvalue weighted by atomic mass is 9.86. The highest BCUT2D eigenvalue weighted by Crippen LogP contribution is 2.37. The largest absolute Gasteiger partial charge is 0.0839 e. The van der Waals surface area contributed by atoms with Crippen LogP contribution in [0.1, 0.15) is 42.3 Å². The van der Waals surface area contributed by atoms with Gasteiger partial charge in [0.1, 0.15) is 0 Å². The van der Waals surface area contributed by atoms with Gasteiger partial charge in [-0.2, -0.15) is 0 Å². The highest BCUT2D eigenvalue weighted by atomic mass is 79.9. The normalized spacial score (nSPS) is 13.3. The fourth-order valence-corrected chi connectivity index (χ4v) is 3.66. The molecule has 0 aliphatic rings. The summed E-state index contributed by atoms with van der Waals surface area (Å²) in [6.07, 6.45) is 0. The van der Waals surface area contributed by atoms with Crippen molar-refractivity contribution in [1.29, 1.82) is 0 Å². The van der Waals surface area contributed by atoms with Crippen LogP contribution in [0.4, 0.5) is 0 Å². The van der Waals surface area contributed by atoms with Gasteiger partial charge in [0.2, 0.25) is 0 Å². The predicted octanol–water partition coefficient (Wildman–Crippen LogP) is 6.88. The van der Waals surface area contributed by atoms with Crippen LogP contribution in [-0.2, 0) is 5.41 Å². The van der Waals surface area contributed by atoms with Crippen molar-refractivity contribution < 1.29 is 0 Å². The van der Waals surface area contributed by atoms with Crippen molar-refractivity contribution in [3.05, 3.63) is 68.7 Å². The van der Waals surface area contributed by atoms with E-state index in [4.69, 9.17) is 11.6 Å². The second-order valence-electron chi connectivity index (χ2n) is 5.90. The average Bonchev–Trinajstić information content (AvgIpc) is 2.37. The van der Waals surface area contributed by atoms with E-state index < -0.39 is 0 Å². The third kappa shape index (κ3) is 3.66. The van der Waals surface area contributed by atoms with Gasteiger partial charge < -0.3 is 0 Å². The Balaban J connectivity index is 2.31. The fraction of sp³-hybridized carbons (Fsp3) is 0.294. The molecule has 0 aliphatic heterocycles. The van der Waals surface area contributed by atoms with E-state index in [2.05, 4.69) is 76.9 Å². The summed E-state index contributed by atoms with van der Waals surface area (Å²) < 4.78 is 0.994. The van der Waals surface area contributed by atoms with Gasteiger partial charge in [0, 0.05) is 9.50 Å². The molecule has 2 aromatic carbocycles. The van der Waals surface area contributed by atoms with Gasteiger partial charge in [0.25, 0.3) is 0 Å². The molecule has 0 saturated heterocycles. The van der Waals surface area contributed by atoms with E-state index in [-0.39, 0.29) is 10.2 Å². The molecule has 0 fully saturated rings. The molecule has 1 atom stereocenters. The van der Waals surface area contributed by atoms with E-state index >= 15 is 0 Å². The zero-order chi connectivity index (χ0) is 14.9. The molecule has 0 heterocycles. The lowest BCUT2D eigenvalue weighted by Gasteiger charge is -2.20. The molecule has 0 aromatic heterocycles. The number of alkyl halides is 1. The summed E-state index contributed by atoms with van der Waals surface area (Å²) in [5.74, 6) is 0. The monoisotopic (exact) mass is 414 g/mol. The van der Waals surface area contributed by atoms with Crippen molar-refractivity contribution in [2.24, 2.45) is 0 Å². The lowest BCUT2D eigenvalue weighted by Crippen LogP contribution is -2.10. The molecule has 2 aromatic rings. The van der Waals surface area contributed by atoms with E-state index in [1.807, 2.05) is 18.2 Å². The molecule has 0 bridgehead atoms. The molecule has 20 heavy (non-hydrogen) atoms. The van der Waals surface area contributed by atoms with Crippen molar-refractivity contribution in [3.63, 3.8) is 0 Å². The summed E-state index contributed by atoms with van der Waals surface area (Å²) in [4.78, 5) is 0.108. The van der Waals surface area contributed by atoms with Gasteiger partial charge in [-0.15, -0.1) is 0 Å². The molecule has 0 saturated carbocycles. The van der Waals surface area contributed by atoms with Gasteiger partial charge in [-0.1, -0.05) is 94.6 Å². The molecule has 0 amide bonds. The van der Waals surface area contributed by atoms with Crippen LogP contribution < -0.4 is 0 Å². The maximum absolute atomic E-state index is 6.32. The first-order chi connectivity index (χ1) is 9.29. The third-order valence-electron chi connectivity index (χ3n) is 3.30. The Morgan fingerprint density at radius 1 is 1.00 bits per heavy atom. The van der Waals surface area contributed by atoms with Crippen LogP contribution in [0.15, 0.2) is 46.9 Å². The minimum Gasteiger partial charge on any atom is -0.0839 e. The van der Waals surface area contributed by atoms with Crippen molar-refractivity contribution in [2.45, 2.75) is 31.0 Å². The van der Waals surface area contributed by atoms with E-state index in [1.54, 1.807) is 0 Å². The number of hydrogen-bond acceptors (Lipinski definition) is 0. The zero-order valence-corrected chi connectivity index (χ0v) is 15.7. The highest BCUT2D eigenvalue weighted by Gasteiger charge is 2.17. The number of hydrogen-bond donors (Lipinski definition) is 0. The van der Waals surface area contributed by atoms with E-state index in [0.29, 0.717) is 0 Å². The van der Waals surface area contributed by atoms with E-state index in [0.717, 1.165) is 15.1 Å². The van der Waals surface area contributed by atoms with Gasteiger partial charge in [-0.3, -0.25) is 0 Å². The first-order valence-electron chi connectivity index (χ1n) is 6.48. The molecular formula is C17H17Br2Cl. The Hall–Kier alpha value is -0.310. The van der Waals surface area contributed by atoms with Crippen LogP contribution in [-0.4, -0.2) is 0 Å². The molecule has 0 N–H and O–H groups in total. The van der Waals surface area contributed by atoms with Crippen molar-refractivity contribution in [3.8, 4) is 0 Å². The van der Waals surface area contributed by atoms with Crippen molar-refractivity contribution >= 4 is 43.5 Å². The van der Waals surface area contributed by atoms with Crippen molar-refractivity contribution in [2.75, 3.05) is 0 Å². The summed E-state index contributed by atoms with van der Waals surface area (Å²) in [6.45, 7) is 6.66. The van der Waals surface area contributed by atoms with Gasteiger partial charge in [0.05, 0.1) is 4.83 Å². The topological polar surface area (TPSA) is 0 Å². The number of halogens is 3. The molecule has 106 valence electrons. The lowest BCUT2D eigenvalue weighted by molar-refractivity contribution is 0.590. The van der Waals surface area contributed by atoms with Crippen LogP contribution in [0.2, 0.25) is 5.02 Å². The van der Waals surface area contributed by atoms with E-state index in [1.165, 1.54) is 11.1 Å². The predicted molar refractivity (Wildman–Crippen MR) is 95.1 cm³/mol. The van der Waals surface area contributed by atoms with Gasteiger partial charge >= 0.3 is 0 Å². The number of rotatable bonds is 2. The van der Waals surface area contributed by atoms with Gasteiger partial charge in [-0.25, -0.2) is 0 Å². The zero-order valence-electron chi connectivity index (χ0n) is 11.8. The molecule has 1 unspecified atom stereocenters. The smallest absolute Gasteiger partial charge is 0.0659 e. The van der Waals surface area contributed by atoms with Gasteiger partial charge in [-0.05, 0) is 34.2 Å². The SMILES string of the molecule is CC(C)(C)c1ccc(C(Br)c2ccc(Br)cc2Cl)cc1. The second kappa shape index (κ2) is 6.21. The quantitative estimate of drug-likeness (QED) is 0.468. The Morgan fingerprint density at radius 2 is 1.60 bits per heavy atom. The Kier molecular flexibility index (Phi) is 4.99. The second-order valence-corrected chi connectivity index (χ2v) is 8.14. The minimum absolute atomic E-state index is 0.108. The summed E-state index contributed by atoms with van der Waals surface area (Å²) in [7, 11) is 0. The average molecular weight is 417 g/mol. The molecule has 0 aliphatic carbocycles. The summed E-state index contributed by atoms with van der Waals surface area (Å²) in [5, 5.41) is 0.765. The molecule has 3 heteroatoms. The molecule has 0 nitrogen and oxygen atoms in total. The Morgan fingerprint density at radius 3 is 2.10 bits per heavy atom.